The van der Waals surface area contributed by atoms with Crippen LogP contribution in [0.4, 0.5) is 0 Å². The third-order valence-corrected chi connectivity index (χ3v) is 5.05. The van der Waals surface area contributed by atoms with Gasteiger partial charge >= 0.3 is 0 Å². The molecule has 8 heteroatoms. The number of halogens is 1. The van der Waals surface area contributed by atoms with Crippen LogP contribution >= 0.6 is 23.4 Å². The second kappa shape index (κ2) is 8.05. The van der Waals surface area contributed by atoms with Crippen LogP contribution < -0.4 is 0 Å². The summed E-state index contributed by atoms with van der Waals surface area (Å²) in [4.78, 5) is 4.47. The molecule has 0 saturated carbocycles. The highest BCUT2D eigenvalue weighted by Gasteiger charge is 2.21. The predicted molar refractivity (Wildman–Crippen MR) is 103 cm³/mol. The van der Waals surface area contributed by atoms with E-state index in [0.29, 0.717) is 23.3 Å². The monoisotopic (exact) mass is 389 g/mol. The molecule has 3 aromatic rings. The van der Waals surface area contributed by atoms with Crippen molar-refractivity contribution >= 4 is 23.4 Å². The Labute approximate surface area is 161 Å². The number of hydrogen-bond donors (Lipinski definition) is 0. The number of allylic oxidation sites excluding steroid dienone is 1. The van der Waals surface area contributed by atoms with Crippen LogP contribution in [0.5, 0.6) is 0 Å². The smallest absolute Gasteiger partial charge is 0.239 e. The minimum Gasteiger partial charge on any atom is -0.338 e. The summed E-state index contributed by atoms with van der Waals surface area (Å²) < 4.78 is 7.40. The molecular weight excluding hydrogens is 370 g/mol. The molecule has 136 valence electrons. The Morgan fingerprint density at radius 2 is 1.96 bits per heavy atom. The van der Waals surface area contributed by atoms with Gasteiger partial charge in [0, 0.05) is 23.0 Å². The molecule has 26 heavy (non-hydrogen) atoms. The third kappa shape index (κ3) is 3.99. The summed E-state index contributed by atoms with van der Waals surface area (Å²) in [6.07, 6.45) is 1.82. The summed E-state index contributed by atoms with van der Waals surface area (Å²) >= 11 is 7.51. The van der Waals surface area contributed by atoms with E-state index in [1.807, 2.05) is 55.7 Å². The molecule has 0 N–H and O–H groups in total. The summed E-state index contributed by atoms with van der Waals surface area (Å²) in [5.41, 5.74) is 0.947. The number of thioether (sulfide) groups is 1. The summed E-state index contributed by atoms with van der Waals surface area (Å²) in [5, 5.41) is 14.1. The summed E-state index contributed by atoms with van der Waals surface area (Å²) in [5.74, 6) is 2.29. The lowest BCUT2D eigenvalue weighted by atomic mass is 10.2. The molecule has 1 aromatic carbocycles. The second-order valence-electron chi connectivity index (χ2n) is 6.12. The van der Waals surface area contributed by atoms with Crippen molar-refractivity contribution in [3.05, 3.63) is 53.7 Å². The van der Waals surface area contributed by atoms with Gasteiger partial charge in [-0.15, -0.1) is 16.8 Å². The Kier molecular flexibility index (Phi) is 5.78. The van der Waals surface area contributed by atoms with Crippen LogP contribution in [0.2, 0.25) is 5.02 Å². The van der Waals surface area contributed by atoms with Gasteiger partial charge in [0.2, 0.25) is 5.89 Å². The van der Waals surface area contributed by atoms with Crippen molar-refractivity contribution in [2.75, 3.05) is 0 Å². The SMILES string of the molecule is C=CCn1c(SC(C)c2nc(C(C)C)no2)nnc1-c1ccc(Cl)cc1. The zero-order valence-electron chi connectivity index (χ0n) is 14.9. The Morgan fingerprint density at radius 3 is 2.58 bits per heavy atom. The highest BCUT2D eigenvalue weighted by atomic mass is 35.5. The molecule has 0 aliphatic heterocycles. The second-order valence-corrected chi connectivity index (χ2v) is 7.86. The van der Waals surface area contributed by atoms with Crippen LogP contribution in [-0.4, -0.2) is 24.9 Å². The molecule has 2 heterocycles. The Balaban J connectivity index is 1.87. The van der Waals surface area contributed by atoms with E-state index in [1.54, 1.807) is 0 Å². The van der Waals surface area contributed by atoms with Crippen LogP contribution in [0.1, 0.15) is 43.7 Å². The quantitative estimate of drug-likeness (QED) is 0.411. The first-order valence-electron chi connectivity index (χ1n) is 8.29. The van der Waals surface area contributed by atoms with E-state index in [4.69, 9.17) is 16.1 Å². The number of aromatic nitrogens is 5. The van der Waals surface area contributed by atoms with Gasteiger partial charge < -0.3 is 4.52 Å². The molecule has 1 unspecified atom stereocenters. The van der Waals surface area contributed by atoms with Crippen molar-refractivity contribution in [1.29, 1.82) is 0 Å². The molecule has 0 radical (unpaired) electrons. The van der Waals surface area contributed by atoms with E-state index in [0.717, 1.165) is 16.5 Å². The molecule has 2 aromatic heterocycles. The van der Waals surface area contributed by atoms with E-state index >= 15 is 0 Å². The average Bonchev–Trinajstić information content (AvgIpc) is 3.24. The molecular formula is C18H20ClN5OS. The molecule has 0 bridgehead atoms. The van der Waals surface area contributed by atoms with E-state index in [9.17, 15) is 0 Å². The minimum absolute atomic E-state index is 0.0409. The molecule has 6 nitrogen and oxygen atoms in total. The lowest BCUT2D eigenvalue weighted by Gasteiger charge is -2.09. The van der Waals surface area contributed by atoms with Crippen LogP contribution in [-0.2, 0) is 6.54 Å². The van der Waals surface area contributed by atoms with E-state index in [1.165, 1.54) is 11.8 Å². The Morgan fingerprint density at radius 1 is 1.23 bits per heavy atom. The predicted octanol–water partition coefficient (Wildman–Crippen LogP) is 5.14. The topological polar surface area (TPSA) is 69.6 Å². The normalized spacial score (nSPS) is 12.5. The van der Waals surface area contributed by atoms with Crippen molar-refractivity contribution < 1.29 is 4.52 Å². The van der Waals surface area contributed by atoms with Crippen LogP contribution in [0.25, 0.3) is 11.4 Å². The first kappa shape index (κ1) is 18.7. The molecule has 0 fully saturated rings. The van der Waals surface area contributed by atoms with E-state index in [2.05, 4.69) is 26.9 Å². The molecule has 0 saturated heterocycles. The maximum atomic E-state index is 5.98. The molecule has 0 spiro atoms. The van der Waals surface area contributed by atoms with Gasteiger partial charge in [0.05, 0.1) is 5.25 Å². The van der Waals surface area contributed by atoms with Gasteiger partial charge in [-0.3, -0.25) is 4.57 Å². The zero-order valence-corrected chi connectivity index (χ0v) is 16.5. The molecule has 0 aliphatic carbocycles. The third-order valence-electron chi connectivity index (χ3n) is 3.73. The number of hydrogen-bond acceptors (Lipinski definition) is 6. The minimum atomic E-state index is -0.0409. The van der Waals surface area contributed by atoms with Crippen molar-refractivity contribution in [3.8, 4) is 11.4 Å². The largest absolute Gasteiger partial charge is 0.338 e. The fourth-order valence-corrected chi connectivity index (χ4v) is 3.35. The molecule has 0 aliphatic rings. The van der Waals surface area contributed by atoms with Gasteiger partial charge in [0.15, 0.2) is 16.8 Å². The lowest BCUT2D eigenvalue weighted by molar-refractivity contribution is 0.373. The standard InChI is InChI=1S/C18H20ClN5OS/c1-5-10-24-16(13-6-8-14(19)9-7-13)21-22-18(24)26-12(4)17-20-15(11(2)3)23-25-17/h5-9,11-12H,1,10H2,2-4H3. The first-order valence-corrected chi connectivity index (χ1v) is 9.55. The van der Waals surface area contributed by atoms with Crippen molar-refractivity contribution in [3.63, 3.8) is 0 Å². The Hall–Kier alpha value is -2.12. The molecule has 0 amide bonds. The van der Waals surface area contributed by atoms with Gasteiger partial charge in [0.1, 0.15) is 0 Å². The summed E-state index contributed by atoms with van der Waals surface area (Å²) in [6, 6.07) is 7.53. The first-order chi connectivity index (χ1) is 12.5. The van der Waals surface area contributed by atoms with Gasteiger partial charge in [-0.25, -0.2) is 0 Å². The number of nitrogens with zero attached hydrogens (tertiary/aromatic N) is 5. The van der Waals surface area contributed by atoms with Crippen molar-refractivity contribution in [1.82, 2.24) is 24.9 Å². The van der Waals surface area contributed by atoms with Crippen LogP contribution in [0, 0.1) is 0 Å². The number of benzene rings is 1. The van der Waals surface area contributed by atoms with E-state index < -0.39 is 0 Å². The zero-order chi connectivity index (χ0) is 18.7. The van der Waals surface area contributed by atoms with Crippen molar-refractivity contribution in [2.24, 2.45) is 0 Å². The lowest BCUT2D eigenvalue weighted by Crippen LogP contribution is -2.02. The van der Waals surface area contributed by atoms with Crippen LogP contribution in [0.3, 0.4) is 0 Å². The van der Waals surface area contributed by atoms with Gasteiger partial charge in [-0.1, -0.05) is 48.4 Å². The fraction of sp³-hybridized carbons (Fsp3) is 0.333. The molecule has 3 rings (SSSR count). The maximum Gasteiger partial charge on any atom is 0.239 e. The van der Waals surface area contributed by atoms with Gasteiger partial charge in [-0.2, -0.15) is 4.98 Å². The molecule has 1 atom stereocenters. The summed E-state index contributed by atoms with van der Waals surface area (Å²) in [6.45, 7) is 10.5. The van der Waals surface area contributed by atoms with Gasteiger partial charge in [0.25, 0.3) is 0 Å². The highest BCUT2D eigenvalue weighted by molar-refractivity contribution is 7.99. The van der Waals surface area contributed by atoms with Crippen LogP contribution in [0.15, 0.2) is 46.6 Å². The highest BCUT2D eigenvalue weighted by Crippen LogP contribution is 2.35. The van der Waals surface area contributed by atoms with Gasteiger partial charge in [-0.05, 0) is 31.2 Å². The summed E-state index contributed by atoms with van der Waals surface area (Å²) in [7, 11) is 0. The van der Waals surface area contributed by atoms with E-state index in [-0.39, 0.29) is 11.2 Å². The Bertz CT molecular complexity index is 887. The fourth-order valence-electron chi connectivity index (χ4n) is 2.34. The van der Waals surface area contributed by atoms with Crippen molar-refractivity contribution in [2.45, 2.75) is 43.6 Å². The maximum absolute atomic E-state index is 5.98. The average molecular weight is 390 g/mol. The number of rotatable bonds is 7.